The molecule has 5 heteroatoms. The van der Waals surface area contributed by atoms with E-state index >= 15 is 0 Å². The molecule has 1 heterocycles. The van der Waals surface area contributed by atoms with Gasteiger partial charge in [0, 0.05) is 11.9 Å². The number of benzene rings is 1. The van der Waals surface area contributed by atoms with Crippen molar-refractivity contribution in [3.8, 4) is 0 Å². The first kappa shape index (κ1) is 14.2. The first-order valence-electron chi connectivity index (χ1n) is 6.82. The van der Waals surface area contributed by atoms with Crippen LogP contribution in [0.2, 0.25) is 0 Å². The number of fused-ring (bicyclic) bond motifs is 1. The average molecular weight is 273 g/mol. The van der Waals surface area contributed by atoms with E-state index in [0.29, 0.717) is 17.1 Å². The van der Waals surface area contributed by atoms with Gasteiger partial charge in [-0.05, 0) is 24.8 Å². The lowest BCUT2D eigenvalue weighted by atomic mass is 10.1. The topological polar surface area (TPSA) is 75.1 Å². The highest BCUT2D eigenvalue weighted by Crippen LogP contribution is 2.24. The third kappa shape index (κ3) is 3.23. The Kier molecular flexibility index (Phi) is 4.50. The highest BCUT2D eigenvalue weighted by atomic mass is 16.4. The van der Waals surface area contributed by atoms with Gasteiger partial charge in [0.05, 0.1) is 11.2 Å². The molecule has 5 nitrogen and oxygen atoms in total. The van der Waals surface area contributed by atoms with Crippen LogP contribution in [0.3, 0.4) is 0 Å². The molecule has 2 rings (SSSR count). The molecule has 20 heavy (non-hydrogen) atoms. The Labute approximate surface area is 118 Å². The summed E-state index contributed by atoms with van der Waals surface area (Å²) in [4.78, 5) is 11.3. The van der Waals surface area contributed by atoms with Gasteiger partial charge in [-0.2, -0.15) is 0 Å². The molecule has 0 fully saturated rings. The summed E-state index contributed by atoms with van der Waals surface area (Å²) in [7, 11) is 0. The third-order valence-electron chi connectivity index (χ3n) is 3.13. The van der Waals surface area contributed by atoms with Crippen LogP contribution < -0.4 is 5.32 Å². The van der Waals surface area contributed by atoms with Gasteiger partial charge in [0.15, 0.2) is 5.69 Å². The molecule has 0 unspecified atom stereocenters. The monoisotopic (exact) mass is 273 g/mol. The molecule has 1 aromatic carbocycles. The SMILES string of the molecule is CC(C)CCCNc1c(C(=O)O)nnc2ccccc12. The highest BCUT2D eigenvalue weighted by Gasteiger charge is 2.15. The minimum atomic E-state index is -1.06. The zero-order valence-electron chi connectivity index (χ0n) is 11.8. The molecule has 2 N–H and O–H groups in total. The van der Waals surface area contributed by atoms with Gasteiger partial charge in [-0.1, -0.05) is 32.0 Å². The lowest BCUT2D eigenvalue weighted by Crippen LogP contribution is -2.12. The Balaban J connectivity index is 2.28. The lowest BCUT2D eigenvalue weighted by molar-refractivity contribution is 0.0690. The van der Waals surface area contributed by atoms with Crippen LogP contribution in [0.1, 0.15) is 37.2 Å². The summed E-state index contributed by atoms with van der Waals surface area (Å²) in [6.45, 7) is 5.08. The molecule has 106 valence electrons. The van der Waals surface area contributed by atoms with E-state index in [1.807, 2.05) is 24.3 Å². The average Bonchev–Trinajstić information content (AvgIpc) is 2.42. The number of carbonyl (C=O) groups is 1. The molecule has 0 aliphatic heterocycles. The number of rotatable bonds is 6. The second-order valence-electron chi connectivity index (χ2n) is 5.21. The zero-order chi connectivity index (χ0) is 14.5. The molecular formula is C15H19N3O2. The number of hydrogen-bond donors (Lipinski definition) is 2. The van der Waals surface area contributed by atoms with Gasteiger partial charge in [0.2, 0.25) is 0 Å². The van der Waals surface area contributed by atoms with Crippen molar-refractivity contribution < 1.29 is 9.90 Å². The molecule has 0 amide bonds. The smallest absolute Gasteiger partial charge is 0.358 e. The van der Waals surface area contributed by atoms with Crippen molar-refractivity contribution in [2.75, 3.05) is 11.9 Å². The Morgan fingerprint density at radius 1 is 1.30 bits per heavy atom. The molecule has 0 spiro atoms. The van der Waals surface area contributed by atoms with Crippen molar-refractivity contribution in [3.63, 3.8) is 0 Å². The number of carboxylic acid groups (broad SMARTS) is 1. The van der Waals surface area contributed by atoms with E-state index < -0.39 is 5.97 Å². The summed E-state index contributed by atoms with van der Waals surface area (Å²) in [5.74, 6) is -0.419. The largest absolute Gasteiger partial charge is 0.476 e. The van der Waals surface area contributed by atoms with Crippen LogP contribution in [-0.2, 0) is 0 Å². The van der Waals surface area contributed by atoms with E-state index in [0.717, 1.165) is 24.8 Å². The first-order chi connectivity index (χ1) is 9.59. The lowest BCUT2D eigenvalue weighted by Gasteiger charge is -2.12. The number of nitrogens with zero attached hydrogens (tertiary/aromatic N) is 2. The fourth-order valence-corrected chi connectivity index (χ4v) is 2.11. The fourth-order valence-electron chi connectivity index (χ4n) is 2.11. The maximum absolute atomic E-state index is 11.3. The van der Waals surface area contributed by atoms with Crippen molar-refractivity contribution in [1.82, 2.24) is 10.2 Å². The van der Waals surface area contributed by atoms with Gasteiger partial charge < -0.3 is 10.4 Å². The van der Waals surface area contributed by atoms with E-state index in [-0.39, 0.29) is 5.69 Å². The predicted molar refractivity (Wildman–Crippen MR) is 79.1 cm³/mol. The van der Waals surface area contributed by atoms with Crippen LogP contribution in [0.25, 0.3) is 10.9 Å². The Bertz CT molecular complexity index is 611. The second-order valence-corrected chi connectivity index (χ2v) is 5.21. The van der Waals surface area contributed by atoms with Gasteiger partial charge >= 0.3 is 5.97 Å². The summed E-state index contributed by atoms with van der Waals surface area (Å²) in [5, 5.41) is 21.0. The molecule has 0 atom stereocenters. The zero-order valence-corrected chi connectivity index (χ0v) is 11.8. The van der Waals surface area contributed by atoms with E-state index in [4.69, 9.17) is 0 Å². The normalized spacial score (nSPS) is 10.9. The number of hydrogen-bond acceptors (Lipinski definition) is 4. The Hall–Kier alpha value is -2.17. The fraction of sp³-hybridized carbons (Fsp3) is 0.400. The van der Waals surface area contributed by atoms with Crippen molar-refractivity contribution in [3.05, 3.63) is 30.0 Å². The third-order valence-corrected chi connectivity index (χ3v) is 3.13. The molecule has 1 aromatic heterocycles. The van der Waals surface area contributed by atoms with Crippen LogP contribution >= 0.6 is 0 Å². The van der Waals surface area contributed by atoms with Crippen LogP contribution in [0.15, 0.2) is 24.3 Å². The second kappa shape index (κ2) is 6.32. The highest BCUT2D eigenvalue weighted by molar-refractivity contribution is 6.02. The quantitative estimate of drug-likeness (QED) is 0.791. The van der Waals surface area contributed by atoms with Crippen molar-refractivity contribution >= 4 is 22.6 Å². The number of nitrogens with one attached hydrogen (secondary N) is 1. The van der Waals surface area contributed by atoms with Gasteiger partial charge in [0.1, 0.15) is 0 Å². The van der Waals surface area contributed by atoms with Crippen molar-refractivity contribution in [2.24, 2.45) is 5.92 Å². The van der Waals surface area contributed by atoms with Crippen molar-refractivity contribution in [2.45, 2.75) is 26.7 Å². The molecule has 0 saturated heterocycles. The van der Waals surface area contributed by atoms with Crippen LogP contribution in [0, 0.1) is 5.92 Å². The van der Waals surface area contributed by atoms with Crippen LogP contribution in [-0.4, -0.2) is 27.8 Å². The van der Waals surface area contributed by atoms with Gasteiger partial charge in [0.25, 0.3) is 0 Å². The molecule has 0 bridgehead atoms. The maximum Gasteiger partial charge on any atom is 0.358 e. The molecule has 0 aliphatic rings. The summed E-state index contributed by atoms with van der Waals surface area (Å²) in [6.07, 6.45) is 2.10. The Morgan fingerprint density at radius 3 is 2.75 bits per heavy atom. The summed E-state index contributed by atoms with van der Waals surface area (Å²) >= 11 is 0. The Morgan fingerprint density at radius 2 is 2.05 bits per heavy atom. The van der Waals surface area contributed by atoms with Crippen LogP contribution in [0.4, 0.5) is 5.69 Å². The molecule has 0 saturated carbocycles. The van der Waals surface area contributed by atoms with E-state index in [1.54, 1.807) is 0 Å². The maximum atomic E-state index is 11.3. The standard InChI is InChI=1S/C15H19N3O2/c1-10(2)6-5-9-16-13-11-7-3-4-8-12(11)17-18-14(13)15(19)20/h3-4,7-8,10H,5-6,9H2,1-2H3,(H,16,17)(H,19,20). The van der Waals surface area contributed by atoms with Gasteiger partial charge in [-0.25, -0.2) is 4.79 Å². The van der Waals surface area contributed by atoms with E-state index in [1.165, 1.54) is 0 Å². The molecule has 2 aromatic rings. The number of aromatic carboxylic acids is 1. The summed E-state index contributed by atoms with van der Waals surface area (Å²) in [5.41, 5.74) is 1.24. The van der Waals surface area contributed by atoms with Crippen molar-refractivity contribution in [1.29, 1.82) is 0 Å². The molecule has 0 radical (unpaired) electrons. The minimum absolute atomic E-state index is 0.0201. The van der Waals surface area contributed by atoms with Gasteiger partial charge in [-0.15, -0.1) is 10.2 Å². The number of aromatic nitrogens is 2. The van der Waals surface area contributed by atoms with E-state index in [2.05, 4.69) is 29.4 Å². The van der Waals surface area contributed by atoms with Crippen LogP contribution in [0.5, 0.6) is 0 Å². The summed E-state index contributed by atoms with van der Waals surface area (Å²) in [6, 6.07) is 7.42. The molecule has 0 aliphatic carbocycles. The minimum Gasteiger partial charge on any atom is -0.476 e. The number of carboxylic acids is 1. The summed E-state index contributed by atoms with van der Waals surface area (Å²) < 4.78 is 0. The predicted octanol–water partition coefficient (Wildman–Crippen LogP) is 3.18. The number of anilines is 1. The van der Waals surface area contributed by atoms with E-state index in [9.17, 15) is 9.90 Å². The first-order valence-corrected chi connectivity index (χ1v) is 6.82. The molecular weight excluding hydrogens is 254 g/mol. The van der Waals surface area contributed by atoms with Gasteiger partial charge in [-0.3, -0.25) is 0 Å².